The molecule has 1 saturated carbocycles. The van der Waals surface area contributed by atoms with Crippen LogP contribution in [0.1, 0.15) is 50.5 Å². The first kappa shape index (κ1) is 28.3. The van der Waals surface area contributed by atoms with E-state index in [1.807, 2.05) is 6.08 Å². The summed E-state index contributed by atoms with van der Waals surface area (Å²) in [7, 11) is 0. The summed E-state index contributed by atoms with van der Waals surface area (Å²) in [5.74, 6) is -0.351. The SMILES string of the molecule is C=CC(=O)OCC1CCC(C2COC(C3CC=C(c4ccc(OC(=O)C=C)c5c4OC(F)(F)O5)CC3)OC2)CC1. The molecule has 2 aliphatic heterocycles. The van der Waals surface area contributed by atoms with Crippen molar-refractivity contribution in [2.24, 2.45) is 23.7 Å². The highest BCUT2D eigenvalue weighted by atomic mass is 19.3. The average molecular weight is 561 g/mol. The van der Waals surface area contributed by atoms with Crippen molar-refractivity contribution in [1.29, 1.82) is 0 Å². The summed E-state index contributed by atoms with van der Waals surface area (Å²) in [5, 5.41) is 0. The van der Waals surface area contributed by atoms with E-state index in [1.54, 1.807) is 6.07 Å². The topological polar surface area (TPSA) is 89.5 Å². The maximum Gasteiger partial charge on any atom is 0.586 e. The molecule has 1 saturated heterocycles. The maximum absolute atomic E-state index is 14.0. The molecule has 10 heteroatoms. The van der Waals surface area contributed by atoms with Crippen molar-refractivity contribution in [2.75, 3.05) is 19.8 Å². The Kier molecular flexibility index (Phi) is 8.56. The summed E-state index contributed by atoms with van der Waals surface area (Å²) < 4.78 is 60.0. The second-order valence-corrected chi connectivity index (χ2v) is 10.7. The molecule has 1 unspecified atom stereocenters. The van der Waals surface area contributed by atoms with Crippen LogP contribution in [0.3, 0.4) is 0 Å². The molecule has 0 N–H and O–H groups in total. The zero-order valence-corrected chi connectivity index (χ0v) is 22.3. The highest BCUT2D eigenvalue weighted by molar-refractivity contribution is 5.85. The number of fused-ring (bicyclic) bond motifs is 1. The zero-order valence-electron chi connectivity index (χ0n) is 22.3. The van der Waals surface area contributed by atoms with Crippen LogP contribution >= 0.6 is 0 Å². The molecular formula is C30H34F2O8. The van der Waals surface area contributed by atoms with E-state index in [4.69, 9.17) is 23.7 Å². The quantitative estimate of drug-likeness (QED) is 0.224. The number of allylic oxidation sites excluding steroid dienone is 2. The molecule has 0 bridgehead atoms. The molecule has 2 fully saturated rings. The Balaban J connectivity index is 1.14. The Bertz CT molecular complexity index is 1160. The number of carbonyl (C=O) groups excluding carboxylic acids is 2. The summed E-state index contributed by atoms with van der Waals surface area (Å²) >= 11 is 0. The third-order valence-electron chi connectivity index (χ3n) is 8.21. The van der Waals surface area contributed by atoms with Gasteiger partial charge in [0.1, 0.15) is 0 Å². The first-order valence-electron chi connectivity index (χ1n) is 13.7. The fraction of sp³-hybridized carbons (Fsp3) is 0.533. The van der Waals surface area contributed by atoms with Gasteiger partial charge in [0.2, 0.25) is 5.75 Å². The highest BCUT2D eigenvalue weighted by Crippen LogP contribution is 2.52. The van der Waals surface area contributed by atoms with Crippen molar-refractivity contribution in [2.45, 2.75) is 57.5 Å². The summed E-state index contributed by atoms with van der Waals surface area (Å²) in [6, 6.07) is 3.01. The first-order valence-corrected chi connectivity index (χ1v) is 13.7. The predicted molar refractivity (Wildman–Crippen MR) is 140 cm³/mol. The molecular weight excluding hydrogens is 526 g/mol. The second-order valence-electron chi connectivity index (χ2n) is 10.7. The van der Waals surface area contributed by atoms with E-state index >= 15 is 0 Å². The number of benzene rings is 1. The van der Waals surface area contributed by atoms with Crippen LogP contribution in [0.5, 0.6) is 17.2 Å². The molecule has 5 rings (SSSR count). The van der Waals surface area contributed by atoms with E-state index in [9.17, 15) is 18.4 Å². The van der Waals surface area contributed by atoms with Gasteiger partial charge in [-0.05, 0) is 74.5 Å². The number of hydrogen-bond acceptors (Lipinski definition) is 8. The Morgan fingerprint density at radius 2 is 1.62 bits per heavy atom. The first-order chi connectivity index (χ1) is 19.3. The molecule has 0 aromatic heterocycles. The molecule has 1 aromatic rings. The molecule has 0 spiro atoms. The normalized spacial score (nSPS) is 29.1. The van der Waals surface area contributed by atoms with Crippen LogP contribution in [0, 0.1) is 23.7 Å². The van der Waals surface area contributed by atoms with Gasteiger partial charge in [0.15, 0.2) is 17.8 Å². The summed E-state index contributed by atoms with van der Waals surface area (Å²) in [4.78, 5) is 22.9. The van der Waals surface area contributed by atoms with Crippen molar-refractivity contribution in [3.8, 4) is 17.2 Å². The van der Waals surface area contributed by atoms with Gasteiger partial charge in [0.25, 0.3) is 0 Å². The second kappa shape index (κ2) is 12.1. The number of alkyl halides is 2. The molecule has 8 nitrogen and oxygen atoms in total. The minimum atomic E-state index is -3.86. The van der Waals surface area contributed by atoms with Crippen LogP contribution in [0.2, 0.25) is 0 Å². The highest BCUT2D eigenvalue weighted by Gasteiger charge is 2.47. The third kappa shape index (κ3) is 6.39. The lowest BCUT2D eigenvalue weighted by Gasteiger charge is -2.40. The van der Waals surface area contributed by atoms with Crippen LogP contribution in [0.4, 0.5) is 8.78 Å². The van der Waals surface area contributed by atoms with Crippen LogP contribution < -0.4 is 14.2 Å². The monoisotopic (exact) mass is 560 g/mol. The maximum atomic E-state index is 14.0. The summed E-state index contributed by atoms with van der Waals surface area (Å²) in [5.41, 5.74) is 1.32. The standard InChI is InChI=1S/C30H34F2O8/c1-3-25(33)35-15-18-5-7-19(8-6-18)22-16-36-29(37-17-22)21-11-9-20(10-12-21)23-13-14-24(38-26(34)4-2)28-27(23)39-30(31,32)40-28/h3-4,9,13-14,18-19,21-22,29H,1-2,5-8,10-12,15-17H2. The number of ether oxygens (including phenoxy) is 6. The fourth-order valence-corrected chi connectivity index (χ4v) is 5.99. The van der Waals surface area contributed by atoms with Crippen molar-refractivity contribution in [3.05, 3.63) is 49.1 Å². The van der Waals surface area contributed by atoms with Crippen LogP contribution in [0.25, 0.3) is 5.57 Å². The molecule has 216 valence electrons. The van der Waals surface area contributed by atoms with E-state index < -0.39 is 12.3 Å². The van der Waals surface area contributed by atoms with Gasteiger partial charge in [0.05, 0.1) is 19.8 Å². The zero-order chi connectivity index (χ0) is 28.3. The number of esters is 2. The van der Waals surface area contributed by atoms with Crippen molar-refractivity contribution >= 4 is 17.5 Å². The average Bonchev–Trinajstić information content (AvgIpc) is 3.31. The molecule has 0 radical (unpaired) electrons. The Labute approximate surface area is 231 Å². The van der Waals surface area contributed by atoms with Gasteiger partial charge in [-0.25, -0.2) is 9.59 Å². The number of carbonyl (C=O) groups is 2. The van der Waals surface area contributed by atoms with Crippen LogP contribution in [0.15, 0.2) is 43.5 Å². The van der Waals surface area contributed by atoms with Gasteiger partial charge in [-0.3, -0.25) is 0 Å². The van der Waals surface area contributed by atoms with Crippen molar-refractivity contribution in [1.82, 2.24) is 0 Å². The lowest BCUT2D eigenvalue weighted by Crippen LogP contribution is -2.41. The van der Waals surface area contributed by atoms with Crippen molar-refractivity contribution in [3.63, 3.8) is 0 Å². The molecule has 1 atom stereocenters. The Morgan fingerprint density at radius 1 is 0.925 bits per heavy atom. The summed E-state index contributed by atoms with van der Waals surface area (Å²) in [6.45, 7) is 8.50. The number of hydrogen-bond donors (Lipinski definition) is 0. The lowest BCUT2D eigenvalue weighted by molar-refractivity contribution is -0.287. The Hall–Kier alpha value is -3.24. The van der Waals surface area contributed by atoms with Gasteiger partial charge >= 0.3 is 18.2 Å². The van der Waals surface area contributed by atoms with Gasteiger partial charge in [-0.2, -0.15) is 0 Å². The minimum Gasteiger partial charge on any atom is -0.462 e. The van der Waals surface area contributed by atoms with Crippen LogP contribution in [-0.2, 0) is 23.8 Å². The predicted octanol–water partition coefficient (Wildman–Crippen LogP) is 5.81. The smallest absolute Gasteiger partial charge is 0.462 e. The summed E-state index contributed by atoms with van der Waals surface area (Å²) in [6.07, 6.45) is 6.18. The van der Waals surface area contributed by atoms with E-state index in [0.29, 0.717) is 56.0 Å². The number of halogens is 2. The minimum absolute atomic E-state index is 0.148. The Morgan fingerprint density at radius 3 is 2.27 bits per heavy atom. The largest absolute Gasteiger partial charge is 0.586 e. The molecule has 2 heterocycles. The molecule has 0 amide bonds. The van der Waals surface area contributed by atoms with Gasteiger partial charge in [-0.15, -0.1) is 8.78 Å². The lowest BCUT2D eigenvalue weighted by atomic mass is 9.76. The van der Waals surface area contributed by atoms with Gasteiger partial charge in [0, 0.05) is 29.6 Å². The van der Waals surface area contributed by atoms with E-state index in [0.717, 1.165) is 43.8 Å². The number of rotatable bonds is 8. The molecule has 1 aromatic carbocycles. The van der Waals surface area contributed by atoms with E-state index in [2.05, 4.69) is 17.9 Å². The molecule has 40 heavy (non-hydrogen) atoms. The fourth-order valence-electron chi connectivity index (χ4n) is 5.99. The van der Waals surface area contributed by atoms with E-state index in [-0.39, 0.29) is 35.4 Å². The molecule has 2 aliphatic carbocycles. The van der Waals surface area contributed by atoms with Crippen molar-refractivity contribution < 1.29 is 46.8 Å². The third-order valence-corrected chi connectivity index (χ3v) is 8.21. The van der Waals surface area contributed by atoms with E-state index in [1.165, 1.54) is 12.1 Å². The van der Waals surface area contributed by atoms with Gasteiger partial charge < -0.3 is 28.4 Å². The van der Waals surface area contributed by atoms with Gasteiger partial charge in [-0.1, -0.05) is 19.2 Å². The molecule has 4 aliphatic rings. The van der Waals surface area contributed by atoms with Crippen LogP contribution in [-0.4, -0.2) is 44.3 Å².